The zero-order valence-corrected chi connectivity index (χ0v) is 19.7. The number of ketones is 1. The molecule has 36 heavy (non-hydrogen) atoms. The van der Waals surface area contributed by atoms with Crippen molar-refractivity contribution in [1.29, 1.82) is 0 Å². The Bertz CT molecular complexity index is 1240. The lowest BCUT2D eigenvalue weighted by molar-refractivity contribution is -0.146. The first-order valence-corrected chi connectivity index (χ1v) is 11.9. The van der Waals surface area contributed by atoms with E-state index in [4.69, 9.17) is 14.2 Å². The van der Waals surface area contributed by atoms with Crippen LogP contribution in [0.25, 0.3) is 0 Å². The first-order valence-electron chi connectivity index (χ1n) is 11.9. The van der Waals surface area contributed by atoms with Crippen LogP contribution in [0.4, 0.5) is 0 Å². The van der Waals surface area contributed by atoms with E-state index in [9.17, 15) is 14.4 Å². The van der Waals surface area contributed by atoms with E-state index in [0.717, 1.165) is 0 Å². The van der Waals surface area contributed by atoms with Crippen molar-refractivity contribution in [3.05, 3.63) is 90.0 Å². The molecule has 3 aromatic carbocycles. The molecule has 0 spiro atoms. The highest BCUT2D eigenvalue weighted by atomic mass is 16.6. The lowest BCUT2D eigenvalue weighted by Crippen LogP contribution is -2.55. The number of nitrogens with zero attached hydrogens (tertiary/aromatic N) is 2. The lowest BCUT2D eigenvalue weighted by atomic mass is 10.0. The maximum Gasteiger partial charge on any atom is 0.267 e. The van der Waals surface area contributed by atoms with Gasteiger partial charge in [0.2, 0.25) is 6.10 Å². The van der Waals surface area contributed by atoms with E-state index in [-0.39, 0.29) is 30.8 Å². The summed E-state index contributed by atoms with van der Waals surface area (Å²) >= 11 is 0. The van der Waals surface area contributed by atoms with Crippen molar-refractivity contribution in [2.75, 3.05) is 39.4 Å². The van der Waals surface area contributed by atoms with Crippen LogP contribution in [0.5, 0.6) is 17.2 Å². The van der Waals surface area contributed by atoms with Crippen molar-refractivity contribution in [3.63, 3.8) is 0 Å². The second-order valence-electron chi connectivity index (χ2n) is 8.58. The fraction of sp³-hybridized carbons (Fsp3) is 0.250. The van der Waals surface area contributed by atoms with Gasteiger partial charge in [0.05, 0.1) is 0 Å². The van der Waals surface area contributed by atoms with Gasteiger partial charge < -0.3 is 24.0 Å². The zero-order valence-electron chi connectivity index (χ0n) is 19.7. The number of ether oxygens (including phenoxy) is 3. The molecule has 1 atom stereocenters. The summed E-state index contributed by atoms with van der Waals surface area (Å²) in [6, 6.07) is 23.1. The summed E-state index contributed by atoms with van der Waals surface area (Å²) < 4.78 is 17.1. The first kappa shape index (κ1) is 23.4. The monoisotopic (exact) mass is 486 g/mol. The Labute approximate surface area is 209 Å². The normalized spacial score (nSPS) is 16.8. The fourth-order valence-electron chi connectivity index (χ4n) is 4.22. The number of amides is 2. The van der Waals surface area contributed by atoms with Gasteiger partial charge in [-0.1, -0.05) is 42.5 Å². The Morgan fingerprint density at radius 1 is 0.750 bits per heavy atom. The van der Waals surface area contributed by atoms with Gasteiger partial charge in [-0.25, -0.2) is 0 Å². The van der Waals surface area contributed by atoms with Gasteiger partial charge in [-0.05, 0) is 36.4 Å². The third-order valence-corrected chi connectivity index (χ3v) is 6.24. The predicted octanol–water partition coefficient (Wildman–Crippen LogP) is 2.81. The fourth-order valence-corrected chi connectivity index (χ4v) is 4.22. The number of hydrogen-bond acceptors (Lipinski definition) is 6. The molecule has 0 bridgehead atoms. The molecular weight excluding hydrogens is 460 g/mol. The van der Waals surface area contributed by atoms with Crippen LogP contribution in [-0.2, 0) is 9.59 Å². The second kappa shape index (κ2) is 10.5. The van der Waals surface area contributed by atoms with Gasteiger partial charge in [0.15, 0.2) is 23.9 Å². The molecule has 1 fully saturated rings. The quantitative estimate of drug-likeness (QED) is 0.498. The Kier molecular flexibility index (Phi) is 6.84. The third-order valence-electron chi connectivity index (χ3n) is 6.24. The molecule has 2 aliphatic rings. The Morgan fingerprint density at radius 3 is 2.08 bits per heavy atom. The molecule has 1 saturated heterocycles. The third kappa shape index (κ3) is 5.17. The summed E-state index contributed by atoms with van der Waals surface area (Å²) in [5, 5.41) is 0. The van der Waals surface area contributed by atoms with Crippen molar-refractivity contribution in [2.45, 2.75) is 6.10 Å². The standard InChI is InChI=1S/C28H26N2O6/c31-26(19-34-22-12-10-21(11-13-22)27(32)20-6-2-1-3-7-20)29-14-16-30(17-15-29)28(33)25-18-35-23-8-4-5-9-24(23)36-25/h1-13,25H,14-19H2. The van der Waals surface area contributed by atoms with Crippen LogP contribution in [0.15, 0.2) is 78.9 Å². The number of piperazine rings is 1. The van der Waals surface area contributed by atoms with Crippen molar-refractivity contribution in [1.82, 2.24) is 9.80 Å². The van der Waals surface area contributed by atoms with Crippen molar-refractivity contribution in [2.24, 2.45) is 0 Å². The van der Waals surface area contributed by atoms with Gasteiger partial charge in [0, 0.05) is 37.3 Å². The Morgan fingerprint density at radius 2 is 1.36 bits per heavy atom. The van der Waals surface area contributed by atoms with Crippen LogP contribution in [-0.4, -0.2) is 72.9 Å². The molecule has 1 unspecified atom stereocenters. The van der Waals surface area contributed by atoms with Gasteiger partial charge in [-0.3, -0.25) is 14.4 Å². The van der Waals surface area contributed by atoms with Crippen LogP contribution in [0, 0.1) is 0 Å². The smallest absolute Gasteiger partial charge is 0.267 e. The second-order valence-corrected chi connectivity index (χ2v) is 8.58. The number of benzene rings is 3. The van der Waals surface area contributed by atoms with Gasteiger partial charge in [-0.2, -0.15) is 0 Å². The summed E-state index contributed by atoms with van der Waals surface area (Å²) in [6.07, 6.45) is -0.692. The average molecular weight is 487 g/mol. The molecule has 8 nitrogen and oxygen atoms in total. The largest absolute Gasteiger partial charge is 0.485 e. The van der Waals surface area contributed by atoms with Crippen LogP contribution < -0.4 is 14.2 Å². The van der Waals surface area contributed by atoms with Crippen LogP contribution in [0.3, 0.4) is 0 Å². The van der Waals surface area contributed by atoms with Crippen LogP contribution in [0.2, 0.25) is 0 Å². The van der Waals surface area contributed by atoms with E-state index in [1.807, 2.05) is 30.3 Å². The maximum absolute atomic E-state index is 12.9. The molecule has 2 amide bonds. The lowest BCUT2D eigenvalue weighted by Gasteiger charge is -2.37. The molecule has 0 aliphatic carbocycles. The van der Waals surface area contributed by atoms with E-state index >= 15 is 0 Å². The highest BCUT2D eigenvalue weighted by molar-refractivity contribution is 6.09. The van der Waals surface area contributed by atoms with Crippen molar-refractivity contribution >= 4 is 17.6 Å². The topological polar surface area (TPSA) is 85.4 Å². The summed E-state index contributed by atoms with van der Waals surface area (Å²) in [4.78, 5) is 41.4. The SMILES string of the molecule is O=C(c1ccccc1)c1ccc(OCC(=O)N2CCN(C(=O)C3COc4ccccc4O3)CC2)cc1. The zero-order chi connectivity index (χ0) is 24.9. The van der Waals surface area contributed by atoms with Gasteiger partial charge in [0.1, 0.15) is 12.4 Å². The van der Waals surface area contributed by atoms with E-state index in [0.29, 0.717) is 54.6 Å². The van der Waals surface area contributed by atoms with Gasteiger partial charge >= 0.3 is 0 Å². The molecule has 2 heterocycles. The molecule has 184 valence electrons. The number of carbonyl (C=O) groups excluding carboxylic acids is 3. The summed E-state index contributed by atoms with van der Waals surface area (Å²) in [5.74, 6) is 1.34. The van der Waals surface area contributed by atoms with Crippen molar-refractivity contribution < 1.29 is 28.6 Å². The highest BCUT2D eigenvalue weighted by Crippen LogP contribution is 2.31. The van der Waals surface area contributed by atoms with Crippen LogP contribution >= 0.6 is 0 Å². The molecular formula is C28H26N2O6. The highest BCUT2D eigenvalue weighted by Gasteiger charge is 2.33. The first-order chi connectivity index (χ1) is 17.6. The minimum Gasteiger partial charge on any atom is -0.485 e. The maximum atomic E-state index is 12.9. The predicted molar refractivity (Wildman–Crippen MR) is 131 cm³/mol. The molecule has 3 aromatic rings. The molecule has 8 heteroatoms. The Balaban J connectivity index is 1.08. The van der Waals surface area contributed by atoms with Crippen LogP contribution in [0.1, 0.15) is 15.9 Å². The summed E-state index contributed by atoms with van der Waals surface area (Å²) in [7, 11) is 0. The van der Waals surface area contributed by atoms with Gasteiger partial charge in [0.25, 0.3) is 11.8 Å². The molecule has 0 saturated carbocycles. The Hall–Kier alpha value is -4.33. The minimum absolute atomic E-state index is 0.0694. The van der Waals surface area contributed by atoms with E-state index < -0.39 is 6.10 Å². The van der Waals surface area contributed by atoms with E-state index in [1.54, 1.807) is 58.3 Å². The van der Waals surface area contributed by atoms with E-state index in [1.165, 1.54) is 0 Å². The number of rotatable bonds is 6. The summed E-state index contributed by atoms with van der Waals surface area (Å²) in [5.41, 5.74) is 1.17. The van der Waals surface area contributed by atoms with E-state index in [2.05, 4.69) is 0 Å². The number of fused-ring (bicyclic) bond motifs is 1. The number of hydrogen-bond donors (Lipinski definition) is 0. The van der Waals surface area contributed by atoms with Crippen molar-refractivity contribution in [3.8, 4) is 17.2 Å². The molecule has 0 aromatic heterocycles. The minimum atomic E-state index is -0.692. The molecule has 0 radical (unpaired) electrons. The number of carbonyl (C=O) groups is 3. The van der Waals surface area contributed by atoms with Gasteiger partial charge in [-0.15, -0.1) is 0 Å². The molecule has 2 aliphatic heterocycles. The molecule has 0 N–H and O–H groups in total. The molecule has 5 rings (SSSR count). The number of para-hydroxylation sites is 2. The average Bonchev–Trinajstić information content (AvgIpc) is 2.95. The summed E-state index contributed by atoms with van der Waals surface area (Å²) in [6.45, 7) is 1.73.